The fraction of sp³-hybridized carbons (Fsp3) is 0.375. The van der Waals surface area contributed by atoms with Gasteiger partial charge in [-0.05, 0) is 23.8 Å². The Kier molecular flexibility index (Phi) is 3.64. The highest BCUT2D eigenvalue weighted by Crippen LogP contribution is 2.43. The monoisotopic (exact) mass is 286 g/mol. The Morgan fingerprint density at radius 2 is 1.90 bits per heavy atom. The zero-order chi connectivity index (χ0) is 14.8. The number of aliphatic carboxylic acids is 1. The SMILES string of the molecule is O=C(N[C@H]1[C@@H](C(=O)[O-])[C@@H]2C=C[C@H]1C2)OCc1ccccc1. The zero-order valence-electron chi connectivity index (χ0n) is 11.4. The number of carboxylic acid groups (broad SMARTS) is 1. The predicted molar refractivity (Wildman–Crippen MR) is 72.8 cm³/mol. The van der Waals surface area contributed by atoms with E-state index in [1.807, 2.05) is 42.5 Å². The highest BCUT2D eigenvalue weighted by Gasteiger charge is 2.46. The fourth-order valence-electron chi connectivity index (χ4n) is 3.24. The first-order chi connectivity index (χ1) is 10.1. The molecule has 0 heterocycles. The summed E-state index contributed by atoms with van der Waals surface area (Å²) < 4.78 is 5.14. The van der Waals surface area contributed by atoms with Crippen LogP contribution in [0, 0.1) is 17.8 Å². The molecule has 0 aromatic heterocycles. The molecule has 0 radical (unpaired) electrons. The first kappa shape index (κ1) is 13.7. The lowest BCUT2D eigenvalue weighted by Gasteiger charge is -2.29. The second-order valence-corrected chi connectivity index (χ2v) is 5.52. The van der Waals surface area contributed by atoms with Crippen molar-refractivity contribution < 1.29 is 19.4 Å². The number of benzene rings is 1. The molecule has 0 saturated heterocycles. The molecule has 0 aliphatic heterocycles. The van der Waals surface area contributed by atoms with Crippen molar-refractivity contribution in [2.24, 2.45) is 17.8 Å². The molecular weight excluding hydrogens is 270 g/mol. The number of hydrogen-bond donors (Lipinski definition) is 1. The largest absolute Gasteiger partial charge is 0.550 e. The molecule has 1 saturated carbocycles. The average Bonchev–Trinajstić information content (AvgIpc) is 3.07. The highest BCUT2D eigenvalue weighted by molar-refractivity contribution is 5.74. The molecule has 5 nitrogen and oxygen atoms in total. The molecule has 2 aliphatic rings. The summed E-state index contributed by atoms with van der Waals surface area (Å²) in [5, 5.41) is 13.9. The second-order valence-electron chi connectivity index (χ2n) is 5.52. The van der Waals surface area contributed by atoms with Gasteiger partial charge in [0.25, 0.3) is 0 Å². The number of ether oxygens (including phenoxy) is 1. The minimum absolute atomic E-state index is 0.0422. The van der Waals surface area contributed by atoms with Gasteiger partial charge in [-0.15, -0.1) is 0 Å². The van der Waals surface area contributed by atoms with Crippen LogP contribution in [0.4, 0.5) is 4.79 Å². The fourth-order valence-corrected chi connectivity index (χ4v) is 3.24. The summed E-state index contributed by atoms with van der Waals surface area (Å²) in [4.78, 5) is 23.1. The van der Waals surface area contributed by atoms with Gasteiger partial charge < -0.3 is 20.0 Å². The molecule has 0 unspecified atom stereocenters. The van der Waals surface area contributed by atoms with Crippen LogP contribution < -0.4 is 10.4 Å². The van der Waals surface area contributed by atoms with E-state index in [0.717, 1.165) is 12.0 Å². The Hall–Kier alpha value is -2.30. The minimum atomic E-state index is -1.11. The lowest BCUT2D eigenvalue weighted by Crippen LogP contribution is -2.49. The number of fused-ring (bicyclic) bond motifs is 2. The maximum absolute atomic E-state index is 11.8. The molecule has 4 atom stereocenters. The zero-order valence-corrected chi connectivity index (χ0v) is 11.4. The van der Waals surface area contributed by atoms with E-state index >= 15 is 0 Å². The maximum atomic E-state index is 11.8. The molecule has 1 N–H and O–H groups in total. The van der Waals surface area contributed by atoms with Crippen LogP contribution in [0.5, 0.6) is 0 Å². The van der Waals surface area contributed by atoms with Crippen molar-refractivity contribution in [1.29, 1.82) is 0 Å². The minimum Gasteiger partial charge on any atom is -0.550 e. The molecule has 1 aromatic rings. The number of nitrogens with one attached hydrogen (secondary N) is 1. The van der Waals surface area contributed by atoms with E-state index in [2.05, 4.69) is 5.32 Å². The van der Waals surface area contributed by atoms with Crippen molar-refractivity contribution in [3.8, 4) is 0 Å². The summed E-state index contributed by atoms with van der Waals surface area (Å²) >= 11 is 0. The Morgan fingerprint density at radius 3 is 2.62 bits per heavy atom. The maximum Gasteiger partial charge on any atom is 0.407 e. The van der Waals surface area contributed by atoms with Crippen LogP contribution >= 0.6 is 0 Å². The van der Waals surface area contributed by atoms with E-state index in [9.17, 15) is 14.7 Å². The Morgan fingerprint density at radius 1 is 1.19 bits per heavy atom. The van der Waals surface area contributed by atoms with Gasteiger partial charge in [-0.2, -0.15) is 0 Å². The van der Waals surface area contributed by atoms with Crippen LogP contribution in [0.15, 0.2) is 42.5 Å². The third kappa shape index (κ3) is 2.77. The second kappa shape index (κ2) is 5.60. The molecule has 3 rings (SSSR count). The number of carboxylic acids is 1. The van der Waals surface area contributed by atoms with Crippen molar-refractivity contribution >= 4 is 12.1 Å². The molecule has 21 heavy (non-hydrogen) atoms. The van der Waals surface area contributed by atoms with Gasteiger partial charge in [0, 0.05) is 17.9 Å². The van der Waals surface area contributed by atoms with Crippen molar-refractivity contribution in [1.82, 2.24) is 5.32 Å². The third-order valence-corrected chi connectivity index (χ3v) is 4.23. The number of alkyl carbamates (subject to hydrolysis) is 1. The molecule has 5 heteroatoms. The lowest BCUT2D eigenvalue weighted by atomic mass is 9.89. The van der Waals surface area contributed by atoms with Crippen molar-refractivity contribution in [2.75, 3.05) is 0 Å². The van der Waals surface area contributed by atoms with E-state index in [1.165, 1.54) is 0 Å². The number of hydrogen-bond acceptors (Lipinski definition) is 4. The number of carbonyl (C=O) groups excluding carboxylic acids is 2. The number of carbonyl (C=O) groups is 2. The van der Waals surface area contributed by atoms with Gasteiger partial charge in [-0.3, -0.25) is 0 Å². The predicted octanol–water partition coefficient (Wildman–Crippen LogP) is 0.853. The van der Waals surface area contributed by atoms with Crippen LogP contribution in [-0.4, -0.2) is 18.1 Å². The lowest BCUT2D eigenvalue weighted by molar-refractivity contribution is -0.313. The molecule has 2 aliphatic carbocycles. The van der Waals surface area contributed by atoms with Gasteiger partial charge in [0.15, 0.2) is 0 Å². The van der Waals surface area contributed by atoms with Crippen LogP contribution in [0.1, 0.15) is 12.0 Å². The van der Waals surface area contributed by atoms with Crippen molar-refractivity contribution in [3.05, 3.63) is 48.0 Å². The first-order valence-electron chi connectivity index (χ1n) is 7.01. The van der Waals surface area contributed by atoms with E-state index in [-0.39, 0.29) is 18.4 Å². The third-order valence-electron chi connectivity index (χ3n) is 4.23. The molecule has 1 fully saturated rings. The standard InChI is InChI=1S/C16H17NO4/c18-15(19)13-11-6-7-12(8-11)14(13)17-16(20)21-9-10-4-2-1-3-5-10/h1-7,11-14H,8-9H2,(H,17,20)(H,18,19)/p-1/t11-,12+,13+,14-/m1/s1. The van der Waals surface area contributed by atoms with Crippen molar-refractivity contribution in [2.45, 2.75) is 19.1 Å². The van der Waals surface area contributed by atoms with Crippen LogP contribution in [-0.2, 0) is 16.1 Å². The summed E-state index contributed by atoms with van der Waals surface area (Å²) in [6.45, 7) is 0.166. The number of amides is 1. The first-order valence-corrected chi connectivity index (χ1v) is 7.01. The van der Waals surface area contributed by atoms with Gasteiger partial charge in [0.1, 0.15) is 6.61 Å². The summed E-state index contributed by atoms with van der Waals surface area (Å²) in [6.07, 6.45) is 4.03. The van der Waals surface area contributed by atoms with E-state index in [1.54, 1.807) is 0 Å². The van der Waals surface area contributed by atoms with Gasteiger partial charge in [0.2, 0.25) is 0 Å². The van der Waals surface area contributed by atoms with Crippen molar-refractivity contribution in [3.63, 3.8) is 0 Å². The van der Waals surface area contributed by atoms with Crippen LogP contribution in [0.3, 0.4) is 0 Å². The molecule has 110 valence electrons. The average molecular weight is 286 g/mol. The van der Waals surface area contributed by atoms with Gasteiger partial charge >= 0.3 is 6.09 Å². The quantitative estimate of drug-likeness (QED) is 0.832. The summed E-state index contributed by atoms with van der Waals surface area (Å²) in [5.41, 5.74) is 0.886. The molecule has 1 aromatic carbocycles. The summed E-state index contributed by atoms with van der Waals surface area (Å²) in [7, 11) is 0. The molecule has 1 amide bonds. The number of allylic oxidation sites excluding steroid dienone is 1. The van der Waals surface area contributed by atoms with Crippen LogP contribution in [0.25, 0.3) is 0 Å². The highest BCUT2D eigenvalue weighted by atomic mass is 16.5. The van der Waals surface area contributed by atoms with E-state index in [4.69, 9.17) is 4.74 Å². The normalized spacial score (nSPS) is 29.3. The Bertz CT molecular complexity index is 569. The molecule has 2 bridgehead atoms. The van der Waals surface area contributed by atoms with Crippen LogP contribution in [0.2, 0.25) is 0 Å². The molecule has 0 spiro atoms. The Labute approximate surface area is 122 Å². The smallest absolute Gasteiger partial charge is 0.407 e. The Balaban J connectivity index is 1.57. The summed E-state index contributed by atoms with van der Waals surface area (Å²) in [5.74, 6) is -1.76. The van der Waals surface area contributed by atoms with Gasteiger partial charge in [-0.1, -0.05) is 42.5 Å². The molecular formula is C16H16NO4-. The topological polar surface area (TPSA) is 78.5 Å². The summed E-state index contributed by atoms with van der Waals surface area (Å²) in [6, 6.07) is 8.89. The van der Waals surface area contributed by atoms with E-state index in [0.29, 0.717) is 0 Å². The number of rotatable bonds is 4. The van der Waals surface area contributed by atoms with E-state index < -0.39 is 24.0 Å². The van der Waals surface area contributed by atoms with Gasteiger partial charge in [0.05, 0.1) is 0 Å². The van der Waals surface area contributed by atoms with Gasteiger partial charge in [-0.25, -0.2) is 4.79 Å².